The third kappa shape index (κ3) is 3.56. The molecule has 4 rings (SSSR count). The monoisotopic (exact) mass is 368 g/mol. The first-order valence-corrected chi connectivity index (χ1v) is 9.77. The number of benzene rings is 3. The molecule has 0 amide bonds. The molecule has 1 N–H and O–H groups in total. The minimum absolute atomic E-state index is 0.0350. The molecule has 1 aromatic heterocycles. The van der Waals surface area contributed by atoms with Gasteiger partial charge in [-0.2, -0.15) is 0 Å². The van der Waals surface area contributed by atoms with Gasteiger partial charge in [-0.15, -0.1) is 0 Å². The summed E-state index contributed by atoms with van der Waals surface area (Å²) < 4.78 is 1.82. The van der Waals surface area contributed by atoms with Gasteiger partial charge in [0.2, 0.25) is 0 Å². The second-order valence-electron chi connectivity index (χ2n) is 7.02. The van der Waals surface area contributed by atoms with Gasteiger partial charge in [-0.3, -0.25) is 9.89 Å². The minimum atomic E-state index is 0.0350. The van der Waals surface area contributed by atoms with E-state index in [-0.39, 0.29) is 11.6 Å². The molecule has 3 aromatic carbocycles. The van der Waals surface area contributed by atoms with E-state index in [1.54, 1.807) is 0 Å². The van der Waals surface area contributed by atoms with Gasteiger partial charge in [-0.25, -0.2) is 4.68 Å². The van der Waals surface area contributed by atoms with E-state index in [2.05, 4.69) is 24.2 Å². The highest BCUT2D eigenvalue weighted by atomic mass is 16.1. The Morgan fingerprint density at radius 3 is 1.89 bits per heavy atom. The number of H-pyrrole nitrogens is 1. The Labute approximate surface area is 165 Å². The summed E-state index contributed by atoms with van der Waals surface area (Å²) in [6, 6.07) is 30.4. The summed E-state index contributed by atoms with van der Waals surface area (Å²) >= 11 is 0. The average molecular weight is 368 g/mol. The second kappa shape index (κ2) is 8.13. The van der Waals surface area contributed by atoms with Crippen molar-refractivity contribution in [2.75, 3.05) is 0 Å². The Balaban J connectivity index is 1.84. The van der Waals surface area contributed by atoms with Crippen LogP contribution in [0.5, 0.6) is 0 Å². The van der Waals surface area contributed by atoms with Crippen molar-refractivity contribution in [2.24, 2.45) is 0 Å². The van der Waals surface area contributed by atoms with Crippen molar-refractivity contribution >= 4 is 0 Å². The van der Waals surface area contributed by atoms with Gasteiger partial charge in [-0.05, 0) is 24.0 Å². The standard InChI is InChI=1S/C25H24N2O/c1-2-22(18-19-12-6-3-7-13-19)27-25(28)23(20-14-8-4-9-15-20)24(26-27)21-16-10-5-11-17-21/h3-17,22,26H,2,18H2,1H3. The predicted octanol–water partition coefficient (Wildman–Crippen LogP) is 5.70. The zero-order chi connectivity index (χ0) is 19.3. The van der Waals surface area contributed by atoms with Crippen LogP contribution in [0.2, 0.25) is 0 Å². The fourth-order valence-corrected chi connectivity index (χ4v) is 3.70. The Bertz CT molecular complexity index is 1080. The van der Waals surface area contributed by atoms with E-state index in [0.29, 0.717) is 0 Å². The Kier molecular flexibility index (Phi) is 5.24. The predicted molar refractivity (Wildman–Crippen MR) is 115 cm³/mol. The van der Waals surface area contributed by atoms with Gasteiger partial charge >= 0.3 is 0 Å². The largest absolute Gasteiger partial charge is 0.294 e. The van der Waals surface area contributed by atoms with Crippen molar-refractivity contribution in [3.63, 3.8) is 0 Å². The van der Waals surface area contributed by atoms with Gasteiger partial charge in [0.25, 0.3) is 5.56 Å². The van der Waals surface area contributed by atoms with Crippen molar-refractivity contribution in [3.05, 3.63) is 107 Å². The maximum absolute atomic E-state index is 13.5. The van der Waals surface area contributed by atoms with Crippen LogP contribution < -0.4 is 5.56 Å². The summed E-state index contributed by atoms with van der Waals surface area (Å²) in [5, 5.41) is 3.44. The normalized spacial score (nSPS) is 12.0. The zero-order valence-electron chi connectivity index (χ0n) is 16.0. The molecule has 1 atom stereocenters. The van der Waals surface area contributed by atoms with Gasteiger partial charge in [0.15, 0.2) is 0 Å². The van der Waals surface area contributed by atoms with Gasteiger partial charge < -0.3 is 0 Å². The van der Waals surface area contributed by atoms with Crippen LogP contribution in [0.15, 0.2) is 95.8 Å². The molecule has 3 heteroatoms. The van der Waals surface area contributed by atoms with Crippen molar-refractivity contribution in [3.8, 4) is 22.4 Å². The molecule has 0 aliphatic rings. The second-order valence-corrected chi connectivity index (χ2v) is 7.02. The molecule has 28 heavy (non-hydrogen) atoms. The van der Waals surface area contributed by atoms with Crippen molar-refractivity contribution in [1.29, 1.82) is 0 Å². The number of nitrogens with one attached hydrogen (secondary N) is 1. The third-order valence-corrected chi connectivity index (χ3v) is 5.19. The first kappa shape index (κ1) is 18.1. The summed E-state index contributed by atoms with van der Waals surface area (Å²) in [6.45, 7) is 2.13. The number of hydrogen-bond acceptors (Lipinski definition) is 1. The first-order valence-electron chi connectivity index (χ1n) is 9.77. The van der Waals surface area contributed by atoms with Crippen molar-refractivity contribution in [1.82, 2.24) is 9.78 Å². The summed E-state index contributed by atoms with van der Waals surface area (Å²) in [5.74, 6) is 0. The summed E-state index contributed by atoms with van der Waals surface area (Å²) in [6.07, 6.45) is 1.69. The molecule has 0 aliphatic heterocycles. The lowest BCUT2D eigenvalue weighted by molar-refractivity contribution is 0.428. The quantitative estimate of drug-likeness (QED) is 0.465. The number of aromatic amines is 1. The molecule has 0 saturated carbocycles. The van der Waals surface area contributed by atoms with E-state index in [0.717, 1.165) is 35.2 Å². The van der Waals surface area contributed by atoms with Crippen LogP contribution in [-0.4, -0.2) is 9.78 Å². The molecule has 0 spiro atoms. The smallest absolute Gasteiger partial charge is 0.275 e. The van der Waals surface area contributed by atoms with E-state index in [1.165, 1.54) is 5.56 Å². The maximum Gasteiger partial charge on any atom is 0.275 e. The molecular formula is C25H24N2O. The van der Waals surface area contributed by atoms with Crippen molar-refractivity contribution in [2.45, 2.75) is 25.8 Å². The Morgan fingerprint density at radius 2 is 1.32 bits per heavy atom. The van der Waals surface area contributed by atoms with Crippen LogP contribution in [0.1, 0.15) is 24.9 Å². The summed E-state index contributed by atoms with van der Waals surface area (Å²) in [7, 11) is 0. The van der Waals surface area contributed by atoms with E-state index in [1.807, 2.05) is 83.5 Å². The van der Waals surface area contributed by atoms with Crippen LogP contribution in [0.25, 0.3) is 22.4 Å². The summed E-state index contributed by atoms with van der Waals surface area (Å²) in [5.41, 5.74) is 4.84. The van der Waals surface area contributed by atoms with Crippen molar-refractivity contribution < 1.29 is 0 Å². The van der Waals surface area contributed by atoms with Crippen LogP contribution in [-0.2, 0) is 6.42 Å². The Hall–Kier alpha value is -3.33. The van der Waals surface area contributed by atoms with Crippen LogP contribution in [0.3, 0.4) is 0 Å². The lowest BCUT2D eigenvalue weighted by Gasteiger charge is -2.16. The SMILES string of the molecule is CCC(Cc1ccccc1)n1[nH]c(-c2ccccc2)c(-c2ccccc2)c1=O. The number of nitrogens with zero attached hydrogens (tertiary/aromatic N) is 1. The van der Waals surface area contributed by atoms with Gasteiger partial charge in [-0.1, -0.05) is 97.9 Å². The highest BCUT2D eigenvalue weighted by Crippen LogP contribution is 2.29. The van der Waals surface area contributed by atoms with E-state index < -0.39 is 0 Å². The molecule has 0 fully saturated rings. The van der Waals surface area contributed by atoms with Gasteiger partial charge in [0.05, 0.1) is 17.3 Å². The minimum Gasteiger partial charge on any atom is -0.294 e. The molecule has 140 valence electrons. The first-order chi connectivity index (χ1) is 13.8. The Morgan fingerprint density at radius 1 is 0.786 bits per heavy atom. The highest BCUT2D eigenvalue weighted by molar-refractivity contribution is 5.80. The topological polar surface area (TPSA) is 37.8 Å². The van der Waals surface area contributed by atoms with Crippen LogP contribution in [0.4, 0.5) is 0 Å². The maximum atomic E-state index is 13.5. The average Bonchev–Trinajstić information content (AvgIpc) is 3.11. The highest BCUT2D eigenvalue weighted by Gasteiger charge is 2.21. The fraction of sp³-hybridized carbons (Fsp3) is 0.160. The lowest BCUT2D eigenvalue weighted by Crippen LogP contribution is -2.24. The van der Waals surface area contributed by atoms with Gasteiger partial charge in [0, 0.05) is 5.56 Å². The van der Waals surface area contributed by atoms with E-state index in [9.17, 15) is 4.79 Å². The number of hydrogen-bond donors (Lipinski definition) is 1. The molecule has 0 aliphatic carbocycles. The van der Waals surface area contributed by atoms with Crippen LogP contribution >= 0.6 is 0 Å². The van der Waals surface area contributed by atoms with E-state index in [4.69, 9.17) is 0 Å². The number of rotatable bonds is 6. The van der Waals surface area contributed by atoms with E-state index >= 15 is 0 Å². The van der Waals surface area contributed by atoms with Gasteiger partial charge in [0.1, 0.15) is 0 Å². The molecule has 4 aromatic rings. The molecule has 0 saturated heterocycles. The molecule has 1 unspecified atom stereocenters. The molecule has 0 radical (unpaired) electrons. The molecular weight excluding hydrogens is 344 g/mol. The zero-order valence-corrected chi connectivity index (χ0v) is 16.0. The lowest BCUT2D eigenvalue weighted by atomic mass is 10.0. The summed E-state index contributed by atoms with van der Waals surface area (Å²) in [4.78, 5) is 13.5. The third-order valence-electron chi connectivity index (χ3n) is 5.19. The number of aromatic nitrogens is 2. The molecule has 0 bridgehead atoms. The van der Waals surface area contributed by atoms with Crippen LogP contribution in [0, 0.1) is 0 Å². The molecule has 3 nitrogen and oxygen atoms in total. The molecule has 1 heterocycles. The fourth-order valence-electron chi connectivity index (χ4n) is 3.70.